The summed E-state index contributed by atoms with van der Waals surface area (Å²) in [6, 6.07) is 13.8. The third-order valence-electron chi connectivity index (χ3n) is 5.58. The Balaban J connectivity index is 1.38. The van der Waals surface area contributed by atoms with Crippen LogP contribution >= 0.6 is 0 Å². The number of carbonyl (C=O) groups excluding carboxylic acids is 1. The van der Waals surface area contributed by atoms with E-state index in [0.29, 0.717) is 18.5 Å². The second kappa shape index (κ2) is 8.39. The molecule has 0 bridgehead atoms. The molecule has 0 radical (unpaired) electrons. The maximum atomic E-state index is 12.5. The first kappa shape index (κ1) is 19.1. The number of hydrogen-bond acceptors (Lipinski definition) is 2. The first-order valence-corrected chi connectivity index (χ1v) is 10.1. The summed E-state index contributed by atoms with van der Waals surface area (Å²) < 4.78 is 0. The van der Waals surface area contributed by atoms with Gasteiger partial charge in [-0.25, -0.2) is 0 Å². The molecule has 0 atom stereocenters. The number of carbonyl (C=O) groups is 1. The standard InChI is InChI=1S/C25H26N2O2/c1-17(9-10-19-7-4-6-18-5-2-3-8-22(18)19)25(29)26-14-13-20-16-27-24-12-11-21(28)15-23(20)24/h2-3,5,8-12,15-16,27-28H,4,6-7,13-14H2,1H3,(H,26,29)/b17-9+,19-10+. The van der Waals surface area contributed by atoms with Crippen molar-refractivity contribution in [2.45, 2.75) is 32.6 Å². The van der Waals surface area contributed by atoms with E-state index >= 15 is 0 Å². The van der Waals surface area contributed by atoms with Crippen LogP contribution in [0, 0.1) is 0 Å². The van der Waals surface area contributed by atoms with Gasteiger partial charge in [0.15, 0.2) is 0 Å². The van der Waals surface area contributed by atoms with Gasteiger partial charge in [0.1, 0.15) is 5.75 Å². The third kappa shape index (κ3) is 4.27. The van der Waals surface area contributed by atoms with E-state index in [-0.39, 0.29) is 11.7 Å². The minimum Gasteiger partial charge on any atom is -0.508 e. The Bertz CT molecular complexity index is 1100. The molecule has 0 fully saturated rings. The fourth-order valence-corrected chi connectivity index (χ4v) is 3.95. The Morgan fingerprint density at radius 3 is 2.97 bits per heavy atom. The van der Waals surface area contributed by atoms with Crippen LogP contribution in [-0.4, -0.2) is 22.5 Å². The number of amides is 1. The minimum absolute atomic E-state index is 0.0476. The van der Waals surface area contributed by atoms with Gasteiger partial charge in [0, 0.05) is 29.2 Å². The summed E-state index contributed by atoms with van der Waals surface area (Å²) in [6.07, 6.45) is 9.99. The molecule has 3 aromatic rings. The summed E-state index contributed by atoms with van der Waals surface area (Å²) in [5.41, 5.74) is 6.78. The number of phenols is 1. The predicted molar refractivity (Wildman–Crippen MR) is 118 cm³/mol. The van der Waals surface area contributed by atoms with Crippen molar-refractivity contribution in [1.82, 2.24) is 10.3 Å². The Morgan fingerprint density at radius 1 is 1.21 bits per heavy atom. The Kier molecular flexibility index (Phi) is 5.52. The number of aromatic amines is 1. The van der Waals surface area contributed by atoms with Crippen molar-refractivity contribution in [1.29, 1.82) is 0 Å². The van der Waals surface area contributed by atoms with Crippen LogP contribution in [0.2, 0.25) is 0 Å². The molecule has 29 heavy (non-hydrogen) atoms. The van der Waals surface area contributed by atoms with Crippen LogP contribution in [0.1, 0.15) is 36.5 Å². The molecule has 3 N–H and O–H groups in total. The molecule has 4 rings (SSSR count). The maximum absolute atomic E-state index is 12.5. The Labute approximate surface area is 171 Å². The van der Waals surface area contributed by atoms with Gasteiger partial charge < -0.3 is 15.4 Å². The number of benzene rings is 2. The molecule has 4 heteroatoms. The highest BCUT2D eigenvalue weighted by Gasteiger charge is 2.13. The summed E-state index contributed by atoms with van der Waals surface area (Å²) in [5.74, 6) is 0.201. The SMILES string of the molecule is C/C(=C\C=C1/CCCc2ccccc21)C(=O)NCCc1c[nH]c2ccc(O)cc12. The van der Waals surface area contributed by atoms with Crippen molar-refractivity contribution in [3.63, 3.8) is 0 Å². The fourth-order valence-electron chi connectivity index (χ4n) is 3.95. The van der Waals surface area contributed by atoms with Gasteiger partial charge in [0.25, 0.3) is 0 Å². The first-order valence-electron chi connectivity index (χ1n) is 10.1. The summed E-state index contributed by atoms with van der Waals surface area (Å²) in [5, 5.41) is 13.7. The number of H-pyrrole nitrogens is 1. The van der Waals surface area contributed by atoms with E-state index in [2.05, 4.69) is 40.6 Å². The second-order valence-corrected chi connectivity index (χ2v) is 7.60. The molecular formula is C25H26N2O2. The van der Waals surface area contributed by atoms with Crippen LogP contribution in [0.4, 0.5) is 0 Å². The van der Waals surface area contributed by atoms with Crippen molar-refractivity contribution in [2.75, 3.05) is 6.54 Å². The van der Waals surface area contributed by atoms with Crippen LogP contribution in [0.3, 0.4) is 0 Å². The minimum atomic E-state index is -0.0476. The molecule has 1 aromatic heterocycles. The average Bonchev–Trinajstić information content (AvgIpc) is 3.14. The van der Waals surface area contributed by atoms with E-state index in [4.69, 9.17) is 0 Å². The predicted octanol–water partition coefficient (Wildman–Crippen LogP) is 4.90. The quantitative estimate of drug-likeness (QED) is 0.546. The van der Waals surface area contributed by atoms with Crippen LogP contribution < -0.4 is 5.32 Å². The smallest absolute Gasteiger partial charge is 0.246 e. The van der Waals surface area contributed by atoms with Crippen molar-refractivity contribution in [3.05, 3.63) is 83.1 Å². The molecule has 1 heterocycles. The highest BCUT2D eigenvalue weighted by Crippen LogP contribution is 2.30. The molecule has 1 aliphatic rings. The van der Waals surface area contributed by atoms with Crippen molar-refractivity contribution in [2.24, 2.45) is 0 Å². The van der Waals surface area contributed by atoms with Crippen LogP contribution in [-0.2, 0) is 17.6 Å². The van der Waals surface area contributed by atoms with Crippen molar-refractivity contribution in [3.8, 4) is 5.75 Å². The van der Waals surface area contributed by atoms with E-state index in [1.165, 1.54) is 16.7 Å². The zero-order valence-electron chi connectivity index (χ0n) is 16.7. The van der Waals surface area contributed by atoms with Gasteiger partial charge in [-0.1, -0.05) is 36.4 Å². The average molecular weight is 386 g/mol. The first-order chi connectivity index (χ1) is 14.1. The number of allylic oxidation sites excluding steroid dienone is 3. The highest BCUT2D eigenvalue weighted by molar-refractivity contribution is 5.93. The lowest BCUT2D eigenvalue weighted by atomic mass is 9.87. The number of fused-ring (bicyclic) bond motifs is 2. The number of aromatic hydroxyl groups is 1. The van der Waals surface area contributed by atoms with Gasteiger partial charge in [0.2, 0.25) is 5.91 Å². The number of hydrogen-bond donors (Lipinski definition) is 3. The molecule has 2 aromatic carbocycles. The highest BCUT2D eigenvalue weighted by atomic mass is 16.3. The molecule has 0 saturated carbocycles. The van der Waals surface area contributed by atoms with E-state index in [1.54, 1.807) is 12.1 Å². The molecule has 0 unspecified atom stereocenters. The molecule has 0 aliphatic heterocycles. The lowest BCUT2D eigenvalue weighted by molar-refractivity contribution is -0.117. The van der Waals surface area contributed by atoms with Gasteiger partial charge in [-0.05, 0) is 73.1 Å². The number of rotatable bonds is 5. The van der Waals surface area contributed by atoms with Crippen molar-refractivity contribution < 1.29 is 9.90 Å². The van der Waals surface area contributed by atoms with Crippen molar-refractivity contribution >= 4 is 22.4 Å². The maximum Gasteiger partial charge on any atom is 0.246 e. The number of nitrogens with one attached hydrogen (secondary N) is 2. The van der Waals surface area contributed by atoms with Gasteiger partial charge in [-0.15, -0.1) is 0 Å². The molecule has 1 amide bonds. The summed E-state index contributed by atoms with van der Waals surface area (Å²) >= 11 is 0. The molecule has 0 spiro atoms. The number of aromatic nitrogens is 1. The van der Waals surface area contributed by atoms with Crippen LogP contribution in [0.15, 0.2) is 66.4 Å². The van der Waals surface area contributed by atoms with Gasteiger partial charge >= 0.3 is 0 Å². The van der Waals surface area contributed by atoms with Gasteiger partial charge in [0.05, 0.1) is 0 Å². The van der Waals surface area contributed by atoms with Crippen LogP contribution in [0.25, 0.3) is 16.5 Å². The van der Waals surface area contributed by atoms with E-state index < -0.39 is 0 Å². The fraction of sp³-hybridized carbons (Fsp3) is 0.240. The summed E-state index contributed by atoms with van der Waals surface area (Å²) in [6.45, 7) is 2.40. The zero-order chi connectivity index (χ0) is 20.2. The Hall–Kier alpha value is -3.27. The third-order valence-corrected chi connectivity index (χ3v) is 5.58. The largest absolute Gasteiger partial charge is 0.508 e. The van der Waals surface area contributed by atoms with Crippen LogP contribution in [0.5, 0.6) is 5.75 Å². The van der Waals surface area contributed by atoms with Gasteiger partial charge in [-0.3, -0.25) is 4.79 Å². The number of aryl methyl sites for hydroxylation is 1. The lowest BCUT2D eigenvalue weighted by Crippen LogP contribution is -2.26. The zero-order valence-corrected chi connectivity index (χ0v) is 16.7. The molecule has 1 aliphatic carbocycles. The van der Waals surface area contributed by atoms with E-state index in [0.717, 1.165) is 35.7 Å². The Morgan fingerprint density at radius 2 is 2.07 bits per heavy atom. The van der Waals surface area contributed by atoms with Gasteiger partial charge in [-0.2, -0.15) is 0 Å². The summed E-state index contributed by atoms with van der Waals surface area (Å²) in [7, 11) is 0. The molecule has 148 valence electrons. The van der Waals surface area contributed by atoms with E-state index in [1.807, 2.05) is 25.3 Å². The second-order valence-electron chi connectivity index (χ2n) is 7.60. The molecule has 0 saturated heterocycles. The molecule has 4 nitrogen and oxygen atoms in total. The normalized spacial score (nSPS) is 15.5. The summed E-state index contributed by atoms with van der Waals surface area (Å²) in [4.78, 5) is 15.6. The molecular weight excluding hydrogens is 360 g/mol. The lowest BCUT2D eigenvalue weighted by Gasteiger charge is -2.18. The number of phenolic OH excluding ortho intramolecular Hbond substituents is 1. The van der Waals surface area contributed by atoms with E-state index in [9.17, 15) is 9.90 Å². The monoisotopic (exact) mass is 386 g/mol. The topological polar surface area (TPSA) is 65.1 Å².